The van der Waals surface area contributed by atoms with Crippen LogP contribution in [0.25, 0.3) is 0 Å². The first-order valence-corrected chi connectivity index (χ1v) is 6.87. The molecular formula is C17H17NO2. The van der Waals surface area contributed by atoms with Gasteiger partial charge in [-0.3, -0.25) is 10.1 Å². The van der Waals surface area contributed by atoms with Crippen molar-refractivity contribution in [2.24, 2.45) is 0 Å². The van der Waals surface area contributed by atoms with Gasteiger partial charge in [-0.2, -0.15) is 0 Å². The molecule has 0 radical (unpaired) electrons. The molecular weight excluding hydrogens is 250 g/mol. The molecule has 102 valence electrons. The maximum Gasteiger partial charge on any atom is 0.325 e. The third-order valence-corrected chi connectivity index (χ3v) is 3.88. The van der Waals surface area contributed by atoms with Gasteiger partial charge in [0.25, 0.3) is 0 Å². The fourth-order valence-corrected chi connectivity index (χ4v) is 2.89. The Morgan fingerprint density at radius 3 is 2.55 bits per heavy atom. The van der Waals surface area contributed by atoms with E-state index in [0.717, 1.165) is 18.4 Å². The summed E-state index contributed by atoms with van der Waals surface area (Å²) < 4.78 is 0. The molecule has 2 N–H and O–H groups in total. The largest absolute Gasteiger partial charge is 0.480 e. The van der Waals surface area contributed by atoms with E-state index in [1.807, 2.05) is 42.5 Å². The molecule has 1 aliphatic carbocycles. The van der Waals surface area contributed by atoms with Crippen LogP contribution in [0.15, 0.2) is 54.6 Å². The van der Waals surface area contributed by atoms with Crippen LogP contribution in [0.2, 0.25) is 0 Å². The normalized spacial score (nSPS) is 18.5. The summed E-state index contributed by atoms with van der Waals surface area (Å²) in [6.07, 6.45) is 1.96. The van der Waals surface area contributed by atoms with Crippen molar-refractivity contribution in [1.82, 2.24) is 5.32 Å². The highest BCUT2D eigenvalue weighted by atomic mass is 16.4. The number of fused-ring (bicyclic) bond motifs is 1. The van der Waals surface area contributed by atoms with Crippen LogP contribution in [-0.4, -0.2) is 11.1 Å². The van der Waals surface area contributed by atoms with Gasteiger partial charge in [0.15, 0.2) is 0 Å². The summed E-state index contributed by atoms with van der Waals surface area (Å²) in [6, 6.07) is 17.1. The average molecular weight is 267 g/mol. The summed E-state index contributed by atoms with van der Waals surface area (Å²) in [4.78, 5) is 11.5. The van der Waals surface area contributed by atoms with Crippen molar-refractivity contribution in [3.05, 3.63) is 71.3 Å². The van der Waals surface area contributed by atoms with E-state index >= 15 is 0 Å². The molecule has 0 bridgehead atoms. The summed E-state index contributed by atoms with van der Waals surface area (Å²) in [5.74, 6) is -0.833. The molecule has 0 heterocycles. The van der Waals surface area contributed by atoms with E-state index in [1.54, 1.807) is 0 Å². The van der Waals surface area contributed by atoms with Crippen molar-refractivity contribution < 1.29 is 9.90 Å². The van der Waals surface area contributed by atoms with Gasteiger partial charge >= 0.3 is 5.97 Å². The first-order valence-electron chi connectivity index (χ1n) is 6.87. The topological polar surface area (TPSA) is 49.3 Å². The zero-order valence-electron chi connectivity index (χ0n) is 11.1. The molecule has 2 aromatic rings. The minimum absolute atomic E-state index is 0.118. The number of hydrogen-bond donors (Lipinski definition) is 2. The molecule has 20 heavy (non-hydrogen) atoms. The third kappa shape index (κ3) is 2.45. The van der Waals surface area contributed by atoms with Gasteiger partial charge in [0.05, 0.1) is 0 Å². The van der Waals surface area contributed by atoms with Crippen LogP contribution in [0.3, 0.4) is 0 Å². The molecule has 0 amide bonds. The monoisotopic (exact) mass is 267 g/mol. The molecule has 0 aliphatic heterocycles. The quantitative estimate of drug-likeness (QED) is 0.895. The molecule has 0 aromatic heterocycles. The van der Waals surface area contributed by atoms with Crippen LogP contribution in [0.4, 0.5) is 0 Å². The first kappa shape index (κ1) is 12.9. The number of aliphatic carboxylic acids is 1. The molecule has 2 aromatic carbocycles. The standard InChI is InChI=1S/C17H17NO2/c19-17(20)16(13-7-2-1-3-8-13)18-15-11-10-12-6-4-5-9-14(12)15/h1-9,15-16,18H,10-11H2,(H,19,20). The number of carboxylic acids is 1. The Hall–Kier alpha value is -2.13. The van der Waals surface area contributed by atoms with Gasteiger partial charge in [-0.15, -0.1) is 0 Å². The maximum absolute atomic E-state index is 11.5. The smallest absolute Gasteiger partial charge is 0.325 e. The zero-order valence-corrected chi connectivity index (χ0v) is 11.1. The van der Waals surface area contributed by atoms with Crippen LogP contribution in [0, 0.1) is 0 Å². The molecule has 0 saturated heterocycles. The average Bonchev–Trinajstić information content (AvgIpc) is 2.88. The molecule has 2 atom stereocenters. The summed E-state index contributed by atoms with van der Waals surface area (Å²) in [5.41, 5.74) is 3.35. The summed E-state index contributed by atoms with van der Waals surface area (Å²) in [6.45, 7) is 0. The predicted molar refractivity (Wildman–Crippen MR) is 77.5 cm³/mol. The Morgan fingerprint density at radius 2 is 1.80 bits per heavy atom. The minimum atomic E-state index is -0.833. The Kier molecular flexibility index (Phi) is 3.52. The summed E-state index contributed by atoms with van der Waals surface area (Å²) >= 11 is 0. The predicted octanol–water partition coefficient (Wildman–Crippen LogP) is 3.09. The molecule has 0 spiro atoms. The van der Waals surface area contributed by atoms with Crippen molar-refractivity contribution in [2.45, 2.75) is 24.9 Å². The van der Waals surface area contributed by atoms with E-state index in [-0.39, 0.29) is 6.04 Å². The van der Waals surface area contributed by atoms with Crippen molar-refractivity contribution in [2.75, 3.05) is 0 Å². The van der Waals surface area contributed by atoms with Crippen molar-refractivity contribution in [1.29, 1.82) is 0 Å². The van der Waals surface area contributed by atoms with Gasteiger partial charge < -0.3 is 5.11 Å². The van der Waals surface area contributed by atoms with Crippen molar-refractivity contribution in [3.8, 4) is 0 Å². The van der Waals surface area contributed by atoms with Gasteiger partial charge in [0.1, 0.15) is 6.04 Å². The van der Waals surface area contributed by atoms with E-state index in [4.69, 9.17) is 0 Å². The molecule has 1 aliphatic rings. The number of carbonyl (C=O) groups is 1. The lowest BCUT2D eigenvalue weighted by atomic mass is 10.0. The second-order valence-electron chi connectivity index (χ2n) is 5.14. The van der Waals surface area contributed by atoms with E-state index in [1.165, 1.54) is 11.1 Å². The van der Waals surface area contributed by atoms with Gasteiger partial charge in [-0.05, 0) is 29.5 Å². The van der Waals surface area contributed by atoms with Crippen LogP contribution in [-0.2, 0) is 11.2 Å². The Morgan fingerprint density at radius 1 is 1.10 bits per heavy atom. The summed E-state index contributed by atoms with van der Waals surface area (Å²) in [7, 11) is 0. The Bertz CT molecular complexity index is 609. The lowest BCUT2D eigenvalue weighted by Crippen LogP contribution is -2.31. The molecule has 3 rings (SSSR count). The van der Waals surface area contributed by atoms with Crippen molar-refractivity contribution in [3.63, 3.8) is 0 Å². The number of aryl methyl sites for hydroxylation is 1. The number of benzene rings is 2. The first-order chi connectivity index (χ1) is 9.75. The minimum Gasteiger partial charge on any atom is -0.480 e. The van der Waals surface area contributed by atoms with Crippen LogP contribution in [0.1, 0.15) is 35.2 Å². The lowest BCUT2D eigenvalue weighted by Gasteiger charge is -2.21. The van der Waals surface area contributed by atoms with E-state index < -0.39 is 12.0 Å². The van der Waals surface area contributed by atoms with Crippen LogP contribution >= 0.6 is 0 Å². The summed E-state index contributed by atoms with van der Waals surface area (Å²) in [5, 5.41) is 12.8. The highest BCUT2D eigenvalue weighted by Gasteiger charge is 2.28. The highest BCUT2D eigenvalue weighted by Crippen LogP contribution is 2.32. The molecule has 0 fully saturated rings. The SMILES string of the molecule is O=C(O)C(NC1CCc2ccccc21)c1ccccc1. The second-order valence-corrected chi connectivity index (χ2v) is 5.14. The van der Waals surface area contributed by atoms with E-state index in [9.17, 15) is 9.90 Å². The van der Waals surface area contributed by atoms with Gasteiger partial charge in [-0.1, -0.05) is 54.6 Å². The van der Waals surface area contributed by atoms with E-state index in [2.05, 4.69) is 17.4 Å². The molecule has 3 nitrogen and oxygen atoms in total. The molecule has 0 saturated carbocycles. The highest BCUT2D eigenvalue weighted by molar-refractivity contribution is 5.75. The van der Waals surface area contributed by atoms with Gasteiger partial charge in [0.2, 0.25) is 0 Å². The lowest BCUT2D eigenvalue weighted by molar-refractivity contribution is -0.139. The number of rotatable bonds is 4. The van der Waals surface area contributed by atoms with E-state index in [0.29, 0.717) is 0 Å². The zero-order chi connectivity index (χ0) is 13.9. The third-order valence-electron chi connectivity index (χ3n) is 3.88. The Labute approximate surface area is 118 Å². The molecule has 2 unspecified atom stereocenters. The van der Waals surface area contributed by atoms with Gasteiger partial charge in [-0.25, -0.2) is 0 Å². The Balaban J connectivity index is 1.84. The van der Waals surface area contributed by atoms with Crippen LogP contribution < -0.4 is 5.32 Å². The fraction of sp³-hybridized carbons (Fsp3) is 0.235. The van der Waals surface area contributed by atoms with Crippen molar-refractivity contribution >= 4 is 5.97 Å². The number of carboxylic acid groups (broad SMARTS) is 1. The fourth-order valence-electron chi connectivity index (χ4n) is 2.89. The maximum atomic E-state index is 11.5. The number of hydrogen-bond acceptors (Lipinski definition) is 2. The number of nitrogens with one attached hydrogen (secondary N) is 1. The van der Waals surface area contributed by atoms with Crippen LogP contribution in [0.5, 0.6) is 0 Å². The second kappa shape index (κ2) is 5.47. The van der Waals surface area contributed by atoms with Gasteiger partial charge in [0, 0.05) is 6.04 Å². The molecule has 3 heteroatoms.